The van der Waals surface area contributed by atoms with Crippen LogP contribution in [-0.2, 0) is 11.3 Å². The number of anilines is 2. The number of aryl methyl sites for hydroxylation is 1. The van der Waals surface area contributed by atoms with Gasteiger partial charge in [0.2, 0.25) is 5.95 Å². The summed E-state index contributed by atoms with van der Waals surface area (Å²) < 4.78 is 5.02. The minimum atomic E-state index is 0.619. The van der Waals surface area contributed by atoms with Gasteiger partial charge >= 0.3 is 0 Å². The topological polar surface area (TPSA) is 72.0 Å². The van der Waals surface area contributed by atoms with Crippen molar-refractivity contribution >= 4 is 11.8 Å². The van der Waals surface area contributed by atoms with Gasteiger partial charge in [-0.2, -0.15) is 4.98 Å². The molecule has 0 radical (unpaired) electrons. The van der Waals surface area contributed by atoms with Gasteiger partial charge in [-0.25, -0.2) is 4.98 Å². The molecule has 2 aromatic heterocycles. The molecule has 2 heterocycles. The Hall–Kier alpha value is -2.21. The predicted octanol–water partition coefficient (Wildman–Crippen LogP) is 2.24. The molecule has 2 rings (SSSR count). The molecule has 0 aliphatic rings. The second-order valence-corrected chi connectivity index (χ2v) is 4.71. The fourth-order valence-corrected chi connectivity index (χ4v) is 1.85. The SMILES string of the molecule is COCCCNc1cc(C)nc(NCc2cccnc2)n1. The van der Waals surface area contributed by atoms with Crippen LogP contribution in [0.3, 0.4) is 0 Å². The number of rotatable bonds is 8. The van der Waals surface area contributed by atoms with E-state index in [0.29, 0.717) is 12.5 Å². The highest BCUT2D eigenvalue weighted by Gasteiger charge is 2.02. The lowest BCUT2D eigenvalue weighted by Crippen LogP contribution is -2.10. The third-order valence-corrected chi connectivity index (χ3v) is 2.86. The number of aromatic nitrogens is 3. The highest BCUT2D eigenvalue weighted by atomic mass is 16.5. The molecule has 112 valence electrons. The van der Waals surface area contributed by atoms with E-state index in [2.05, 4.69) is 25.6 Å². The van der Waals surface area contributed by atoms with Crippen LogP contribution in [0.1, 0.15) is 17.7 Å². The van der Waals surface area contributed by atoms with Crippen LogP contribution in [0, 0.1) is 6.92 Å². The van der Waals surface area contributed by atoms with E-state index in [1.165, 1.54) is 0 Å². The quantitative estimate of drug-likeness (QED) is 0.726. The van der Waals surface area contributed by atoms with Crippen molar-refractivity contribution in [2.24, 2.45) is 0 Å². The molecule has 0 aromatic carbocycles. The van der Waals surface area contributed by atoms with Gasteiger partial charge in [-0.15, -0.1) is 0 Å². The first kappa shape index (κ1) is 15.2. The summed E-state index contributed by atoms with van der Waals surface area (Å²) in [6.07, 6.45) is 4.53. The Morgan fingerprint density at radius 1 is 1.24 bits per heavy atom. The summed E-state index contributed by atoms with van der Waals surface area (Å²) in [6, 6.07) is 5.86. The molecule has 0 saturated carbocycles. The summed E-state index contributed by atoms with van der Waals surface area (Å²) in [5.41, 5.74) is 2.02. The van der Waals surface area contributed by atoms with Crippen molar-refractivity contribution in [3.8, 4) is 0 Å². The van der Waals surface area contributed by atoms with E-state index < -0.39 is 0 Å². The predicted molar refractivity (Wildman–Crippen MR) is 83.3 cm³/mol. The van der Waals surface area contributed by atoms with Gasteiger partial charge in [-0.3, -0.25) is 4.98 Å². The van der Waals surface area contributed by atoms with Crippen LogP contribution in [0.5, 0.6) is 0 Å². The zero-order chi connectivity index (χ0) is 14.9. The minimum Gasteiger partial charge on any atom is -0.385 e. The third-order valence-electron chi connectivity index (χ3n) is 2.86. The summed E-state index contributed by atoms with van der Waals surface area (Å²) in [4.78, 5) is 12.9. The van der Waals surface area contributed by atoms with Crippen LogP contribution in [0.4, 0.5) is 11.8 Å². The van der Waals surface area contributed by atoms with Gasteiger partial charge in [0.25, 0.3) is 0 Å². The third kappa shape index (κ3) is 5.35. The summed E-state index contributed by atoms with van der Waals surface area (Å²) in [5, 5.41) is 6.49. The van der Waals surface area contributed by atoms with Crippen molar-refractivity contribution in [3.63, 3.8) is 0 Å². The second-order valence-electron chi connectivity index (χ2n) is 4.71. The normalized spacial score (nSPS) is 10.4. The standard InChI is InChI=1S/C15H21N5O/c1-12-9-14(17-7-4-8-21-2)20-15(19-12)18-11-13-5-3-6-16-10-13/h3,5-6,9-10H,4,7-8,11H2,1-2H3,(H2,17,18,19,20). The Morgan fingerprint density at radius 3 is 2.90 bits per heavy atom. The van der Waals surface area contributed by atoms with Crippen LogP contribution in [-0.4, -0.2) is 35.2 Å². The van der Waals surface area contributed by atoms with Gasteiger partial charge in [0, 0.05) is 51.0 Å². The van der Waals surface area contributed by atoms with Gasteiger partial charge in [-0.05, 0) is 25.0 Å². The highest BCUT2D eigenvalue weighted by Crippen LogP contribution is 2.10. The molecule has 0 aliphatic heterocycles. The van der Waals surface area contributed by atoms with Gasteiger partial charge < -0.3 is 15.4 Å². The smallest absolute Gasteiger partial charge is 0.225 e. The highest BCUT2D eigenvalue weighted by molar-refractivity contribution is 5.42. The summed E-state index contributed by atoms with van der Waals surface area (Å²) in [7, 11) is 1.70. The molecule has 0 fully saturated rings. The number of hydrogen-bond acceptors (Lipinski definition) is 6. The average molecular weight is 287 g/mol. The maximum Gasteiger partial charge on any atom is 0.225 e. The van der Waals surface area contributed by atoms with E-state index in [-0.39, 0.29) is 0 Å². The monoisotopic (exact) mass is 287 g/mol. The van der Waals surface area contributed by atoms with Crippen molar-refractivity contribution in [1.82, 2.24) is 15.0 Å². The Balaban J connectivity index is 1.91. The molecule has 21 heavy (non-hydrogen) atoms. The molecule has 0 saturated heterocycles. The molecule has 0 unspecified atom stereocenters. The molecule has 6 heteroatoms. The number of nitrogens with one attached hydrogen (secondary N) is 2. The van der Waals surface area contributed by atoms with Crippen LogP contribution < -0.4 is 10.6 Å². The van der Waals surface area contributed by atoms with Crippen LogP contribution in [0.25, 0.3) is 0 Å². The molecule has 0 amide bonds. The lowest BCUT2D eigenvalue weighted by atomic mass is 10.3. The molecule has 6 nitrogen and oxygen atoms in total. The lowest BCUT2D eigenvalue weighted by Gasteiger charge is -2.09. The van der Waals surface area contributed by atoms with Crippen molar-refractivity contribution in [3.05, 3.63) is 41.9 Å². The molecule has 0 atom stereocenters. The van der Waals surface area contributed by atoms with E-state index >= 15 is 0 Å². The number of pyridine rings is 1. The van der Waals surface area contributed by atoms with Gasteiger partial charge in [0.05, 0.1) is 0 Å². The van der Waals surface area contributed by atoms with Crippen molar-refractivity contribution in [1.29, 1.82) is 0 Å². The summed E-state index contributed by atoms with van der Waals surface area (Å²) in [5.74, 6) is 1.44. The maximum atomic E-state index is 5.02. The minimum absolute atomic E-state index is 0.619. The van der Waals surface area contributed by atoms with Gasteiger partial charge in [0.1, 0.15) is 5.82 Å². The van der Waals surface area contributed by atoms with Gasteiger partial charge in [0.15, 0.2) is 0 Å². The average Bonchev–Trinajstić information content (AvgIpc) is 2.50. The summed E-state index contributed by atoms with van der Waals surface area (Å²) >= 11 is 0. The van der Waals surface area contributed by atoms with E-state index in [1.54, 1.807) is 13.3 Å². The number of methoxy groups -OCH3 is 1. The number of nitrogens with zero attached hydrogens (tertiary/aromatic N) is 3. The Morgan fingerprint density at radius 2 is 2.14 bits per heavy atom. The Kier molecular flexibility index (Phi) is 5.90. The van der Waals surface area contributed by atoms with Crippen molar-refractivity contribution in [2.45, 2.75) is 19.9 Å². The Labute approximate surface area is 125 Å². The first-order valence-electron chi connectivity index (χ1n) is 6.99. The molecule has 2 N–H and O–H groups in total. The summed E-state index contributed by atoms with van der Waals surface area (Å²) in [6.45, 7) is 4.17. The number of ether oxygens (including phenoxy) is 1. The molecular formula is C15H21N5O. The zero-order valence-corrected chi connectivity index (χ0v) is 12.5. The van der Waals surface area contributed by atoms with Crippen LogP contribution in [0.2, 0.25) is 0 Å². The van der Waals surface area contributed by atoms with Crippen LogP contribution in [0.15, 0.2) is 30.6 Å². The molecule has 0 bridgehead atoms. The largest absolute Gasteiger partial charge is 0.385 e. The molecular weight excluding hydrogens is 266 g/mol. The fraction of sp³-hybridized carbons (Fsp3) is 0.400. The van der Waals surface area contributed by atoms with E-state index in [0.717, 1.165) is 36.6 Å². The second kappa shape index (κ2) is 8.16. The van der Waals surface area contributed by atoms with Crippen LogP contribution >= 0.6 is 0 Å². The maximum absolute atomic E-state index is 5.02. The van der Waals surface area contributed by atoms with E-state index in [1.807, 2.05) is 31.3 Å². The van der Waals surface area contributed by atoms with Crippen molar-refractivity contribution in [2.75, 3.05) is 30.9 Å². The molecule has 2 aromatic rings. The zero-order valence-electron chi connectivity index (χ0n) is 12.5. The lowest BCUT2D eigenvalue weighted by molar-refractivity contribution is 0.198. The first-order valence-corrected chi connectivity index (χ1v) is 6.99. The van der Waals surface area contributed by atoms with E-state index in [9.17, 15) is 0 Å². The van der Waals surface area contributed by atoms with Gasteiger partial charge in [-0.1, -0.05) is 6.07 Å². The number of hydrogen-bond donors (Lipinski definition) is 2. The first-order chi connectivity index (χ1) is 10.3. The fourth-order valence-electron chi connectivity index (χ4n) is 1.85. The Bertz CT molecular complexity index is 547. The van der Waals surface area contributed by atoms with E-state index in [4.69, 9.17) is 4.74 Å². The van der Waals surface area contributed by atoms with Crippen molar-refractivity contribution < 1.29 is 4.74 Å². The molecule has 0 spiro atoms. The molecule has 0 aliphatic carbocycles.